The predicted molar refractivity (Wildman–Crippen MR) is 53.6 cm³/mol. The third-order valence-corrected chi connectivity index (χ3v) is 2.92. The second-order valence-corrected chi connectivity index (χ2v) is 4.52. The first-order valence-electron chi connectivity index (χ1n) is 4.39. The lowest BCUT2D eigenvalue weighted by Gasteiger charge is -2.37. The monoisotopic (exact) mass is 258 g/mol. The summed E-state index contributed by atoms with van der Waals surface area (Å²) in [5, 5.41) is 10.2. The SMILES string of the molecule is C[C@](O)(c1ncc(Br)cn1)C1COC1. The Hall–Kier alpha value is -0.520. The highest BCUT2D eigenvalue weighted by atomic mass is 79.9. The number of rotatable bonds is 2. The summed E-state index contributed by atoms with van der Waals surface area (Å²) >= 11 is 3.25. The van der Waals surface area contributed by atoms with Crippen LogP contribution in [0.5, 0.6) is 0 Å². The molecule has 1 aliphatic rings. The van der Waals surface area contributed by atoms with Crippen LogP contribution in [0.25, 0.3) is 0 Å². The Morgan fingerprint density at radius 3 is 2.50 bits per heavy atom. The third kappa shape index (κ3) is 1.67. The third-order valence-electron chi connectivity index (χ3n) is 2.51. The Morgan fingerprint density at radius 1 is 1.50 bits per heavy atom. The van der Waals surface area contributed by atoms with Crippen LogP contribution in [0.15, 0.2) is 16.9 Å². The van der Waals surface area contributed by atoms with Crippen molar-refractivity contribution < 1.29 is 9.84 Å². The maximum Gasteiger partial charge on any atom is 0.160 e. The summed E-state index contributed by atoms with van der Waals surface area (Å²) in [6, 6.07) is 0. The van der Waals surface area contributed by atoms with Crippen LogP contribution in [0, 0.1) is 5.92 Å². The van der Waals surface area contributed by atoms with Crippen LogP contribution in [0.1, 0.15) is 12.7 Å². The first-order chi connectivity index (χ1) is 6.60. The lowest BCUT2D eigenvalue weighted by molar-refractivity contribution is -0.146. The first kappa shape index (κ1) is 10.0. The van der Waals surface area contributed by atoms with Crippen LogP contribution >= 0.6 is 15.9 Å². The summed E-state index contributed by atoms with van der Waals surface area (Å²) in [5.41, 5.74) is -0.987. The van der Waals surface area contributed by atoms with Gasteiger partial charge in [0.05, 0.1) is 17.7 Å². The highest BCUT2D eigenvalue weighted by Gasteiger charge is 2.40. The van der Waals surface area contributed by atoms with E-state index in [4.69, 9.17) is 4.74 Å². The van der Waals surface area contributed by atoms with Gasteiger partial charge in [0.2, 0.25) is 0 Å². The summed E-state index contributed by atoms with van der Waals surface area (Å²) in [6.07, 6.45) is 3.27. The van der Waals surface area contributed by atoms with Gasteiger partial charge in [-0.25, -0.2) is 9.97 Å². The van der Waals surface area contributed by atoms with E-state index in [1.807, 2.05) is 0 Å². The summed E-state index contributed by atoms with van der Waals surface area (Å²) < 4.78 is 5.85. The van der Waals surface area contributed by atoms with Gasteiger partial charge in [-0.05, 0) is 22.9 Å². The molecule has 0 amide bonds. The molecule has 0 aliphatic carbocycles. The number of nitrogens with zero attached hydrogens (tertiary/aromatic N) is 2. The summed E-state index contributed by atoms with van der Waals surface area (Å²) in [4.78, 5) is 8.18. The quantitative estimate of drug-likeness (QED) is 0.863. The molecular formula is C9H11BrN2O2. The van der Waals surface area contributed by atoms with Crippen molar-refractivity contribution in [1.29, 1.82) is 0 Å². The van der Waals surface area contributed by atoms with Crippen LogP contribution in [-0.4, -0.2) is 28.3 Å². The molecule has 0 aromatic carbocycles. The number of aromatic nitrogens is 2. The standard InChI is InChI=1S/C9H11BrN2O2/c1-9(13,6-4-14-5-6)8-11-2-7(10)3-12-8/h2-3,6,13H,4-5H2,1H3/t9-/m1/s1. The Kier molecular flexibility index (Phi) is 2.55. The molecule has 0 saturated carbocycles. The molecule has 0 spiro atoms. The Labute approximate surface area is 90.5 Å². The molecule has 14 heavy (non-hydrogen) atoms. The number of hydrogen-bond acceptors (Lipinski definition) is 4. The van der Waals surface area contributed by atoms with Crippen molar-refractivity contribution in [1.82, 2.24) is 9.97 Å². The minimum atomic E-state index is -0.987. The maximum atomic E-state index is 10.2. The van der Waals surface area contributed by atoms with Gasteiger partial charge in [0.25, 0.3) is 0 Å². The van der Waals surface area contributed by atoms with E-state index in [1.54, 1.807) is 19.3 Å². The molecule has 2 rings (SSSR count). The molecule has 1 aliphatic heterocycles. The maximum absolute atomic E-state index is 10.2. The van der Waals surface area contributed by atoms with Crippen molar-refractivity contribution >= 4 is 15.9 Å². The van der Waals surface area contributed by atoms with Gasteiger partial charge in [-0.3, -0.25) is 0 Å². The number of ether oxygens (including phenoxy) is 1. The molecule has 1 saturated heterocycles. The fourth-order valence-corrected chi connectivity index (χ4v) is 1.52. The van der Waals surface area contributed by atoms with Crippen LogP contribution in [-0.2, 0) is 10.3 Å². The van der Waals surface area contributed by atoms with Crippen LogP contribution in [0.3, 0.4) is 0 Å². The van der Waals surface area contributed by atoms with Gasteiger partial charge in [-0.2, -0.15) is 0 Å². The fraction of sp³-hybridized carbons (Fsp3) is 0.556. The molecule has 4 nitrogen and oxygen atoms in total. The van der Waals surface area contributed by atoms with Gasteiger partial charge in [-0.15, -0.1) is 0 Å². The lowest BCUT2D eigenvalue weighted by Crippen LogP contribution is -2.45. The van der Waals surface area contributed by atoms with Gasteiger partial charge < -0.3 is 9.84 Å². The molecule has 1 fully saturated rings. The molecule has 0 unspecified atom stereocenters. The molecule has 1 atom stereocenters. The van der Waals surface area contributed by atoms with E-state index in [1.165, 1.54) is 0 Å². The smallest absolute Gasteiger partial charge is 0.160 e. The average Bonchev–Trinajstić information content (AvgIpc) is 2.00. The lowest BCUT2D eigenvalue weighted by atomic mass is 9.87. The van der Waals surface area contributed by atoms with Crippen molar-refractivity contribution in [2.75, 3.05) is 13.2 Å². The van der Waals surface area contributed by atoms with Crippen LogP contribution in [0.4, 0.5) is 0 Å². The molecule has 0 bridgehead atoms. The normalized spacial score (nSPS) is 21.4. The minimum absolute atomic E-state index is 0.101. The molecular weight excluding hydrogens is 248 g/mol. The van der Waals surface area contributed by atoms with Gasteiger partial charge in [-0.1, -0.05) is 0 Å². The minimum Gasteiger partial charge on any atom is -0.382 e. The zero-order valence-electron chi connectivity index (χ0n) is 7.77. The number of halogens is 1. The highest BCUT2D eigenvalue weighted by molar-refractivity contribution is 9.10. The Bertz CT molecular complexity index is 322. The number of aliphatic hydroxyl groups is 1. The van der Waals surface area contributed by atoms with Crippen LogP contribution in [0.2, 0.25) is 0 Å². The van der Waals surface area contributed by atoms with Crippen molar-refractivity contribution in [3.8, 4) is 0 Å². The highest BCUT2D eigenvalue weighted by Crippen LogP contribution is 2.31. The number of hydrogen-bond donors (Lipinski definition) is 1. The second kappa shape index (κ2) is 3.56. The van der Waals surface area contributed by atoms with E-state index in [9.17, 15) is 5.11 Å². The fourth-order valence-electron chi connectivity index (χ4n) is 1.32. The van der Waals surface area contributed by atoms with E-state index >= 15 is 0 Å². The van der Waals surface area contributed by atoms with E-state index in [-0.39, 0.29) is 5.92 Å². The van der Waals surface area contributed by atoms with Crippen molar-refractivity contribution in [2.24, 2.45) is 5.92 Å². The first-order valence-corrected chi connectivity index (χ1v) is 5.18. The molecule has 1 aromatic heterocycles. The average molecular weight is 259 g/mol. The zero-order valence-corrected chi connectivity index (χ0v) is 9.36. The molecule has 76 valence electrons. The topological polar surface area (TPSA) is 55.2 Å². The van der Waals surface area contributed by atoms with E-state index < -0.39 is 5.60 Å². The molecule has 1 N–H and O–H groups in total. The van der Waals surface area contributed by atoms with Crippen molar-refractivity contribution in [3.63, 3.8) is 0 Å². The van der Waals surface area contributed by atoms with Gasteiger partial charge in [0.1, 0.15) is 5.60 Å². The molecule has 1 aromatic rings. The summed E-state index contributed by atoms with van der Waals surface area (Å²) in [7, 11) is 0. The molecule has 0 radical (unpaired) electrons. The van der Waals surface area contributed by atoms with E-state index in [0.29, 0.717) is 19.0 Å². The Balaban J connectivity index is 2.23. The van der Waals surface area contributed by atoms with E-state index in [2.05, 4.69) is 25.9 Å². The molecule has 5 heteroatoms. The zero-order chi connectivity index (χ0) is 10.2. The van der Waals surface area contributed by atoms with Gasteiger partial charge in [0, 0.05) is 18.3 Å². The largest absolute Gasteiger partial charge is 0.382 e. The van der Waals surface area contributed by atoms with Gasteiger partial charge >= 0.3 is 0 Å². The Morgan fingerprint density at radius 2 is 2.07 bits per heavy atom. The summed E-state index contributed by atoms with van der Waals surface area (Å²) in [6.45, 7) is 2.88. The van der Waals surface area contributed by atoms with E-state index in [0.717, 1.165) is 4.47 Å². The summed E-state index contributed by atoms with van der Waals surface area (Å²) in [5.74, 6) is 0.553. The van der Waals surface area contributed by atoms with Crippen molar-refractivity contribution in [3.05, 3.63) is 22.7 Å². The predicted octanol–water partition coefficient (Wildman–Crippen LogP) is 1.09. The molecule has 2 heterocycles. The second-order valence-electron chi connectivity index (χ2n) is 3.61. The van der Waals surface area contributed by atoms with Crippen LogP contribution < -0.4 is 0 Å². The van der Waals surface area contributed by atoms with Gasteiger partial charge in [0.15, 0.2) is 5.82 Å². The van der Waals surface area contributed by atoms with Crippen molar-refractivity contribution in [2.45, 2.75) is 12.5 Å².